The van der Waals surface area contributed by atoms with Crippen molar-refractivity contribution in [2.45, 2.75) is 0 Å². The van der Waals surface area contributed by atoms with Crippen LogP contribution in [0.25, 0.3) is 33.4 Å². The molecule has 106 valence electrons. The van der Waals surface area contributed by atoms with Crippen LogP contribution in [0, 0.1) is 0 Å². The number of furan rings is 1. The molecule has 4 rings (SSSR count). The third kappa shape index (κ3) is 2.36. The monoisotopic (exact) mass is 348 g/mol. The lowest BCUT2D eigenvalue weighted by Gasteiger charge is -2.02. The molecule has 0 atom stereocenters. The molecule has 0 radical (unpaired) electrons. The highest BCUT2D eigenvalue weighted by molar-refractivity contribution is 9.10. The smallest absolute Gasteiger partial charge is 0.149 e. The molecule has 2 heteroatoms. The summed E-state index contributed by atoms with van der Waals surface area (Å²) in [7, 11) is 0. The van der Waals surface area contributed by atoms with Crippen LogP contribution in [0.4, 0.5) is 0 Å². The first-order valence-electron chi connectivity index (χ1n) is 7.15. The van der Waals surface area contributed by atoms with E-state index in [0.717, 1.165) is 26.8 Å². The van der Waals surface area contributed by atoms with Crippen LogP contribution in [-0.2, 0) is 0 Å². The summed E-state index contributed by atoms with van der Waals surface area (Å²) in [4.78, 5) is 0. The van der Waals surface area contributed by atoms with Crippen molar-refractivity contribution < 1.29 is 4.42 Å². The van der Waals surface area contributed by atoms with E-state index in [1.807, 2.05) is 24.3 Å². The minimum Gasteiger partial charge on any atom is -0.455 e. The lowest BCUT2D eigenvalue weighted by atomic mass is 10.0. The van der Waals surface area contributed by atoms with Crippen molar-refractivity contribution in [1.29, 1.82) is 0 Å². The number of hydrogen-bond acceptors (Lipinski definition) is 1. The van der Waals surface area contributed by atoms with Gasteiger partial charge < -0.3 is 4.42 Å². The van der Waals surface area contributed by atoms with E-state index >= 15 is 0 Å². The molecule has 0 saturated carbocycles. The Bertz CT molecular complexity index is 924. The standard InChI is InChI=1S/C20H13BrO/c21-18-12-16(14-7-3-1-4-8-14)11-17-13-19(22-20(17)18)15-9-5-2-6-10-15/h1-13H. The molecule has 0 aliphatic carbocycles. The first-order chi connectivity index (χ1) is 10.8. The third-order valence-corrected chi connectivity index (χ3v) is 4.33. The Morgan fingerprint density at radius 2 is 1.27 bits per heavy atom. The fourth-order valence-corrected chi connectivity index (χ4v) is 3.21. The summed E-state index contributed by atoms with van der Waals surface area (Å²) < 4.78 is 7.01. The van der Waals surface area contributed by atoms with Gasteiger partial charge in [-0.05, 0) is 45.3 Å². The molecule has 1 heterocycles. The molecule has 22 heavy (non-hydrogen) atoms. The summed E-state index contributed by atoms with van der Waals surface area (Å²) in [6, 6.07) is 26.9. The zero-order valence-corrected chi connectivity index (χ0v) is 13.4. The molecule has 0 aliphatic rings. The number of hydrogen-bond donors (Lipinski definition) is 0. The maximum atomic E-state index is 6.03. The second-order valence-electron chi connectivity index (χ2n) is 5.22. The molecule has 1 nitrogen and oxygen atoms in total. The minimum absolute atomic E-state index is 0.888. The molecule has 3 aromatic carbocycles. The van der Waals surface area contributed by atoms with E-state index in [2.05, 4.69) is 70.5 Å². The molecule has 0 spiro atoms. The van der Waals surface area contributed by atoms with Gasteiger partial charge in [0.25, 0.3) is 0 Å². The van der Waals surface area contributed by atoms with Crippen LogP contribution in [-0.4, -0.2) is 0 Å². The third-order valence-electron chi connectivity index (χ3n) is 3.74. The molecule has 0 amide bonds. The van der Waals surface area contributed by atoms with E-state index in [0.29, 0.717) is 0 Å². The van der Waals surface area contributed by atoms with E-state index < -0.39 is 0 Å². The number of benzene rings is 3. The summed E-state index contributed by atoms with van der Waals surface area (Å²) in [6.45, 7) is 0. The van der Waals surface area contributed by atoms with E-state index in [9.17, 15) is 0 Å². The molecule has 0 N–H and O–H groups in total. The lowest BCUT2D eigenvalue weighted by Crippen LogP contribution is -1.77. The molecular formula is C20H13BrO. The van der Waals surface area contributed by atoms with Crippen LogP contribution < -0.4 is 0 Å². The highest BCUT2D eigenvalue weighted by Gasteiger charge is 2.11. The second-order valence-corrected chi connectivity index (χ2v) is 6.07. The zero-order valence-electron chi connectivity index (χ0n) is 11.8. The minimum atomic E-state index is 0.888. The first-order valence-corrected chi connectivity index (χ1v) is 7.94. The molecular weight excluding hydrogens is 336 g/mol. The second kappa shape index (κ2) is 5.47. The van der Waals surface area contributed by atoms with Crippen molar-refractivity contribution in [3.8, 4) is 22.5 Å². The van der Waals surface area contributed by atoms with Gasteiger partial charge in [0.15, 0.2) is 0 Å². The van der Waals surface area contributed by atoms with Gasteiger partial charge in [0.2, 0.25) is 0 Å². The van der Waals surface area contributed by atoms with Crippen LogP contribution in [0.3, 0.4) is 0 Å². The fourth-order valence-electron chi connectivity index (χ4n) is 2.65. The van der Waals surface area contributed by atoms with Gasteiger partial charge in [-0.15, -0.1) is 0 Å². The zero-order chi connectivity index (χ0) is 14.9. The van der Waals surface area contributed by atoms with Crippen molar-refractivity contribution in [1.82, 2.24) is 0 Å². The highest BCUT2D eigenvalue weighted by Crippen LogP contribution is 2.35. The molecule has 0 unspecified atom stereocenters. The lowest BCUT2D eigenvalue weighted by molar-refractivity contribution is 0.629. The highest BCUT2D eigenvalue weighted by atomic mass is 79.9. The van der Waals surface area contributed by atoms with Gasteiger partial charge in [0, 0.05) is 10.9 Å². The number of fused-ring (bicyclic) bond motifs is 1. The fraction of sp³-hybridized carbons (Fsp3) is 0. The Hall–Kier alpha value is -2.32. The predicted octanol–water partition coefficient (Wildman–Crippen LogP) is 6.53. The van der Waals surface area contributed by atoms with Crippen LogP contribution in [0.15, 0.2) is 87.8 Å². The van der Waals surface area contributed by atoms with Crippen LogP contribution in [0.2, 0.25) is 0 Å². The van der Waals surface area contributed by atoms with Crippen molar-refractivity contribution in [3.63, 3.8) is 0 Å². The molecule has 0 aliphatic heterocycles. The molecule has 4 aromatic rings. The predicted molar refractivity (Wildman–Crippen MR) is 94.8 cm³/mol. The van der Waals surface area contributed by atoms with Crippen molar-refractivity contribution in [3.05, 3.63) is 83.3 Å². The topological polar surface area (TPSA) is 13.1 Å². The Morgan fingerprint density at radius 1 is 0.636 bits per heavy atom. The van der Waals surface area contributed by atoms with Crippen LogP contribution >= 0.6 is 15.9 Å². The summed E-state index contributed by atoms with van der Waals surface area (Å²) >= 11 is 3.64. The van der Waals surface area contributed by atoms with Gasteiger partial charge in [0.1, 0.15) is 11.3 Å². The molecule has 0 bridgehead atoms. The van der Waals surface area contributed by atoms with Gasteiger partial charge >= 0.3 is 0 Å². The molecule has 0 saturated heterocycles. The Morgan fingerprint density at radius 3 is 1.95 bits per heavy atom. The quantitative estimate of drug-likeness (QED) is 0.401. The van der Waals surface area contributed by atoms with E-state index in [4.69, 9.17) is 4.42 Å². The average Bonchev–Trinajstić information content (AvgIpc) is 3.01. The van der Waals surface area contributed by atoms with E-state index in [-0.39, 0.29) is 0 Å². The SMILES string of the molecule is Brc1cc(-c2ccccc2)cc2cc(-c3ccccc3)oc12. The Kier molecular flexibility index (Phi) is 3.32. The summed E-state index contributed by atoms with van der Waals surface area (Å²) in [5.41, 5.74) is 4.36. The summed E-state index contributed by atoms with van der Waals surface area (Å²) in [6.07, 6.45) is 0. The van der Waals surface area contributed by atoms with Gasteiger partial charge in [-0.25, -0.2) is 0 Å². The van der Waals surface area contributed by atoms with Gasteiger partial charge in [-0.1, -0.05) is 60.7 Å². The van der Waals surface area contributed by atoms with Gasteiger partial charge in [-0.3, -0.25) is 0 Å². The van der Waals surface area contributed by atoms with Crippen molar-refractivity contribution in [2.24, 2.45) is 0 Å². The van der Waals surface area contributed by atoms with Crippen molar-refractivity contribution in [2.75, 3.05) is 0 Å². The Balaban J connectivity index is 1.88. The first kappa shape index (κ1) is 13.4. The maximum absolute atomic E-state index is 6.03. The number of rotatable bonds is 2. The number of halogens is 1. The average molecular weight is 349 g/mol. The normalized spacial score (nSPS) is 11.0. The van der Waals surface area contributed by atoms with Crippen LogP contribution in [0.5, 0.6) is 0 Å². The van der Waals surface area contributed by atoms with Gasteiger partial charge in [-0.2, -0.15) is 0 Å². The van der Waals surface area contributed by atoms with E-state index in [1.54, 1.807) is 0 Å². The summed E-state index contributed by atoms with van der Waals surface area (Å²) in [5.74, 6) is 0.890. The van der Waals surface area contributed by atoms with Gasteiger partial charge in [0.05, 0.1) is 4.47 Å². The largest absolute Gasteiger partial charge is 0.455 e. The maximum Gasteiger partial charge on any atom is 0.149 e. The molecule has 1 aromatic heterocycles. The Labute approximate surface area is 137 Å². The molecule has 0 fully saturated rings. The van der Waals surface area contributed by atoms with E-state index in [1.165, 1.54) is 11.1 Å². The van der Waals surface area contributed by atoms with Crippen LogP contribution in [0.1, 0.15) is 0 Å². The summed E-state index contributed by atoms with van der Waals surface area (Å²) in [5, 5.41) is 1.10. The van der Waals surface area contributed by atoms with Crippen molar-refractivity contribution >= 4 is 26.9 Å².